The summed E-state index contributed by atoms with van der Waals surface area (Å²) in [6.07, 6.45) is 4.90. The van der Waals surface area contributed by atoms with Gasteiger partial charge in [0.2, 0.25) is 0 Å². The van der Waals surface area contributed by atoms with E-state index in [-0.39, 0.29) is 5.78 Å². The molecule has 18 heavy (non-hydrogen) atoms. The molecule has 0 N–H and O–H groups in total. The van der Waals surface area contributed by atoms with E-state index in [1.807, 2.05) is 31.2 Å². The minimum Gasteiger partial charge on any atom is -0.289 e. The molecule has 90 valence electrons. The molecule has 0 unspecified atom stereocenters. The Balaban J connectivity index is 2.21. The Morgan fingerprint density at radius 2 is 2.00 bits per heavy atom. The van der Waals surface area contributed by atoms with Crippen molar-refractivity contribution in [1.82, 2.24) is 4.98 Å². The summed E-state index contributed by atoms with van der Waals surface area (Å²) >= 11 is 5.95. The van der Waals surface area contributed by atoms with Crippen LogP contribution in [0.4, 0.5) is 0 Å². The molecule has 3 heteroatoms. The van der Waals surface area contributed by atoms with Crippen LogP contribution in [0.1, 0.15) is 21.5 Å². The Morgan fingerprint density at radius 1 is 1.28 bits per heavy atom. The molecule has 0 saturated heterocycles. The maximum absolute atomic E-state index is 11.9. The zero-order valence-electron chi connectivity index (χ0n) is 9.93. The van der Waals surface area contributed by atoms with Gasteiger partial charge in [0.25, 0.3) is 0 Å². The smallest absolute Gasteiger partial charge is 0.185 e. The highest BCUT2D eigenvalue weighted by Gasteiger charge is 2.02. The van der Waals surface area contributed by atoms with Gasteiger partial charge in [-0.15, -0.1) is 0 Å². The van der Waals surface area contributed by atoms with E-state index >= 15 is 0 Å². The van der Waals surface area contributed by atoms with Crippen molar-refractivity contribution in [2.45, 2.75) is 6.92 Å². The first-order valence-corrected chi connectivity index (χ1v) is 5.94. The van der Waals surface area contributed by atoms with E-state index in [4.69, 9.17) is 11.6 Å². The molecule has 0 fully saturated rings. The van der Waals surface area contributed by atoms with Gasteiger partial charge in [-0.1, -0.05) is 41.9 Å². The van der Waals surface area contributed by atoms with E-state index in [0.29, 0.717) is 10.7 Å². The summed E-state index contributed by atoms with van der Waals surface area (Å²) in [5, 5.41) is 0.401. The number of nitrogens with zero attached hydrogens (tertiary/aromatic N) is 1. The number of hydrogen-bond acceptors (Lipinski definition) is 2. The first-order valence-electron chi connectivity index (χ1n) is 5.56. The fourth-order valence-corrected chi connectivity index (χ4v) is 1.72. The summed E-state index contributed by atoms with van der Waals surface area (Å²) in [6, 6.07) is 11.0. The lowest BCUT2D eigenvalue weighted by molar-refractivity contribution is 0.104. The van der Waals surface area contributed by atoms with Crippen molar-refractivity contribution in [1.29, 1.82) is 0 Å². The molecule has 1 aromatic heterocycles. The Labute approximate surface area is 111 Å². The number of benzene rings is 1. The van der Waals surface area contributed by atoms with Crippen LogP contribution in [0.15, 0.2) is 48.7 Å². The molecule has 0 aliphatic carbocycles. The Morgan fingerprint density at radius 3 is 2.72 bits per heavy atom. The van der Waals surface area contributed by atoms with Gasteiger partial charge in [-0.2, -0.15) is 0 Å². The average molecular weight is 258 g/mol. The predicted octanol–water partition coefficient (Wildman–Crippen LogP) is 3.94. The van der Waals surface area contributed by atoms with Crippen LogP contribution >= 0.6 is 11.6 Å². The number of halogens is 1. The van der Waals surface area contributed by atoms with Crippen molar-refractivity contribution in [2.75, 3.05) is 0 Å². The largest absolute Gasteiger partial charge is 0.289 e. The fraction of sp³-hybridized carbons (Fsp3) is 0.0667. The summed E-state index contributed by atoms with van der Waals surface area (Å²) in [5.41, 5.74) is 2.41. The van der Waals surface area contributed by atoms with Gasteiger partial charge in [-0.25, -0.2) is 4.98 Å². The molecule has 2 nitrogen and oxygen atoms in total. The van der Waals surface area contributed by atoms with E-state index in [0.717, 1.165) is 11.1 Å². The number of carbonyl (C=O) groups excluding carboxylic acids is 1. The molecule has 0 saturated carbocycles. The fourth-order valence-electron chi connectivity index (χ4n) is 1.56. The topological polar surface area (TPSA) is 30.0 Å². The van der Waals surface area contributed by atoms with E-state index in [2.05, 4.69) is 4.98 Å². The first kappa shape index (κ1) is 12.5. The summed E-state index contributed by atoms with van der Waals surface area (Å²) in [7, 11) is 0. The minimum absolute atomic E-state index is 0.0480. The SMILES string of the molecule is Cc1cnc(Cl)c(/C=C/C(=O)c2ccccc2)c1. The summed E-state index contributed by atoms with van der Waals surface area (Å²) < 4.78 is 0. The molecule has 2 rings (SSSR count). The first-order chi connectivity index (χ1) is 8.66. The molecule has 0 aliphatic heterocycles. The molecular formula is C15H12ClNO. The van der Waals surface area contributed by atoms with Gasteiger partial charge in [0, 0.05) is 17.3 Å². The van der Waals surface area contributed by atoms with Crippen molar-refractivity contribution < 1.29 is 4.79 Å². The van der Waals surface area contributed by atoms with Crippen molar-refractivity contribution in [3.05, 3.63) is 70.5 Å². The van der Waals surface area contributed by atoms with E-state index in [9.17, 15) is 4.79 Å². The number of aryl methyl sites for hydroxylation is 1. The zero-order valence-corrected chi connectivity index (χ0v) is 10.7. The van der Waals surface area contributed by atoms with Crippen LogP contribution in [0, 0.1) is 6.92 Å². The van der Waals surface area contributed by atoms with Gasteiger partial charge in [-0.05, 0) is 30.7 Å². The summed E-state index contributed by atoms with van der Waals surface area (Å²) in [5.74, 6) is -0.0480. The van der Waals surface area contributed by atoms with Crippen LogP contribution in [-0.2, 0) is 0 Å². The Bertz CT molecular complexity index is 591. The normalized spacial score (nSPS) is 10.8. The third kappa shape index (κ3) is 3.05. The maximum atomic E-state index is 11.9. The zero-order chi connectivity index (χ0) is 13.0. The molecular weight excluding hydrogens is 246 g/mol. The van der Waals surface area contributed by atoms with E-state index < -0.39 is 0 Å². The Kier molecular flexibility index (Phi) is 3.90. The Hall–Kier alpha value is -1.93. The number of hydrogen-bond donors (Lipinski definition) is 0. The number of aromatic nitrogens is 1. The second kappa shape index (κ2) is 5.61. The predicted molar refractivity (Wildman–Crippen MR) is 73.8 cm³/mol. The van der Waals surface area contributed by atoms with Gasteiger partial charge >= 0.3 is 0 Å². The molecule has 0 bridgehead atoms. The van der Waals surface area contributed by atoms with Gasteiger partial charge in [0.15, 0.2) is 5.78 Å². The van der Waals surface area contributed by atoms with Crippen LogP contribution in [-0.4, -0.2) is 10.8 Å². The highest BCUT2D eigenvalue weighted by Crippen LogP contribution is 2.16. The van der Waals surface area contributed by atoms with Gasteiger partial charge in [0.05, 0.1) is 0 Å². The highest BCUT2D eigenvalue weighted by atomic mass is 35.5. The third-order valence-electron chi connectivity index (χ3n) is 2.48. The second-order valence-electron chi connectivity index (χ2n) is 3.96. The molecule has 0 aliphatic rings. The second-order valence-corrected chi connectivity index (χ2v) is 4.31. The summed E-state index contributed by atoms with van der Waals surface area (Å²) in [6.45, 7) is 1.93. The average Bonchev–Trinajstić information content (AvgIpc) is 2.40. The van der Waals surface area contributed by atoms with Crippen molar-refractivity contribution >= 4 is 23.5 Å². The molecule has 0 spiro atoms. The minimum atomic E-state index is -0.0480. The number of pyridine rings is 1. The van der Waals surface area contributed by atoms with E-state index in [1.165, 1.54) is 6.08 Å². The molecule has 0 amide bonds. The standard InChI is InChI=1S/C15H12ClNO/c1-11-9-13(15(16)17-10-11)7-8-14(18)12-5-3-2-4-6-12/h2-10H,1H3/b8-7+. The van der Waals surface area contributed by atoms with Crippen LogP contribution in [0.25, 0.3) is 6.08 Å². The van der Waals surface area contributed by atoms with Crippen LogP contribution in [0.2, 0.25) is 5.15 Å². The van der Waals surface area contributed by atoms with Gasteiger partial charge in [-0.3, -0.25) is 4.79 Å². The van der Waals surface area contributed by atoms with Crippen LogP contribution in [0.3, 0.4) is 0 Å². The molecule has 2 aromatic rings. The van der Waals surface area contributed by atoms with Gasteiger partial charge < -0.3 is 0 Å². The summed E-state index contributed by atoms with van der Waals surface area (Å²) in [4.78, 5) is 15.9. The number of ketones is 1. The lowest BCUT2D eigenvalue weighted by Crippen LogP contribution is -1.93. The van der Waals surface area contributed by atoms with Crippen molar-refractivity contribution in [3.63, 3.8) is 0 Å². The molecule has 1 aromatic carbocycles. The molecule has 0 radical (unpaired) electrons. The number of carbonyl (C=O) groups is 1. The van der Waals surface area contributed by atoms with Crippen LogP contribution in [0.5, 0.6) is 0 Å². The number of allylic oxidation sites excluding steroid dienone is 1. The monoisotopic (exact) mass is 257 g/mol. The van der Waals surface area contributed by atoms with Crippen molar-refractivity contribution in [3.8, 4) is 0 Å². The quantitative estimate of drug-likeness (QED) is 0.474. The van der Waals surface area contributed by atoms with E-state index in [1.54, 1.807) is 24.4 Å². The van der Waals surface area contributed by atoms with Crippen LogP contribution < -0.4 is 0 Å². The molecule has 1 heterocycles. The molecule has 0 atom stereocenters. The maximum Gasteiger partial charge on any atom is 0.185 e. The highest BCUT2D eigenvalue weighted by molar-refractivity contribution is 6.31. The lowest BCUT2D eigenvalue weighted by atomic mass is 10.1. The lowest BCUT2D eigenvalue weighted by Gasteiger charge is -1.99. The van der Waals surface area contributed by atoms with Crippen molar-refractivity contribution in [2.24, 2.45) is 0 Å². The number of rotatable bonds is 3. The third-order valence-corrected chi connectivity index (χ3v) is 2.79. The van der Waals surface area contributed by atoms with Gasteiger partial charge in [0.1, 0.15) is 5.15 Å².